The van der Waals surface area contributed by atoms with E-state index >= 15 is 0 Å². The van der Waals surface area contributed by atoms with Crippen LogP contribution in [-0.2, 0) is 4.79 Å². The van der Waals surface area contributed by atoms with Crippen LogP contribution in [-0.4, -0.2) is 25.2 Å². The molecule has 1 aliphatic rings. The number of amides is 1. The lowest BCUT2D eigenvalue weighted by Crippen LogP contribution is -2.45. The van der Waals surface area contributed by atoms with Crippen LogP contribution in [0.4, 0.5) is 0 Å². The van der Waals surface area contributed by atoms with Gasteiger partial charge in [-0.3, -0.25) is 4.79 Å². The molecule has 0 spiro atoms. The molecule has 1 atom stereocenters. The Balaban J connectivity index is 1.68. The van der Waals surface area contributed by atoms with Crippen LogP contribution >= 0.6 is 0 Å². The zero-order chi connectivity index (χ0) is 19.3. The highest BCUT2D eigenvalue weighted by molar-refractivity contribution is 5.78. The first kappa shape index (κ1) is 19.1. The lowest BCUT2D eigenvalue weighted by atomic mass is 9.83. The monoisotopic (exact) mass is 369 g/mol. The molecule has 0 aromatic heterocycles. The predicted molar refractivity (Wildman–Crippen MR) is 104 cm³/mol. The van der Waals surface area contributed by atoms with Crippen molar-refractivity contribution in [3.05, 3.63) is 54.1 Å². The molecule has 0 fully saturated rings. The van der Waals surface area contributed by atoms with Crippen molar-refractivity contribution < 1.29 is 19.0 Å². The van der Waals surface area contributed by atoms with Gasteiger partial charge in [0.25, 0.3) is 5.91 Å². The number of benzene rings is 2. The van der Waals surface area contributed by atoms with Crippen molar-refractivity contribution in [1.82, 2.24) is 5.32 Å². The molecule has 2 aromatic rings. The van der Waals surface area contributed by atoms with E-state index < -0.39 is 0 Å². The van der Waals surface area contributed by atoms with Crippen molar-refractivity contribution in [2.45, 2.75) is 44.8 Å². The summed E-state index contributed by atoms with van der Waals surface area (Å²) in [5.41, 5.74) is 0.768. The van der Waals surface area contributed by atoms with E-state index in [9.17, 15) is 4.79 Å². The summed E-state index contributed by atoms with van der Waals surface area (Å²) in [5, 5.41) is 3.12. The fourth-order valence-corrected chi connectivity index (χ4v) is 3.51. The van der Waals surface area contributed by atoms with E-state index in [1.54, 1.807) is 19.2 Å². The van der Waals surface area contributed by atoms with E-state index in [0.29, 0.717) is 11.5 Å². The van der Waals surface area contributed by atoms with Gasteiger partial charge in [0.05, 0.1) is 13.2 Å². The van der Waals surface area contributed by atoms with Gasteiger partial charge in [-0.15, -0.1) is 0 Å². The maximum absolute atomic E-state index is 12.5. The summed E-state index contributed by atoms with van der Waals surface area (Å²) in [6, 6.07) is 15.1. The predicted octanol–water partition coefficient (Wildman–Crippen LogP) is 4.27. The number of ether oxygens (including phenoxy) is 3. The summed E-state index contributed by atoms with van der Waals surface area (Å²) in [4.78, 5) is 12.5. The number of para-hydroxylation sites is 1. The molecule has 1 aliphatic heterocycles. The normalized spacial score (nSPS) is 17.4. The van der Waals surface area contributed by atoms with E-state index in [4.69, 9.17) is 14.2 Å². The molecule has 0 saturated carbocycles. The molecule has 0 unspecified atom stereocenters. The van der Waals surface area contributed by atoms with Gasteiger partial charge in [0.15, 0.2) is 6.61 Å². The minimum Gasteiger partial charge on any atom is -0.497 e. The number of hydrogen-bond donors (Lipinski definition) is 1. The molecule has 2 aromatic carbocycles. The van der Waals surface area contributed by atoms with Crippen LogP contribution in [0.1, 0.15) is 44.7 Å². The fraction of sp³-hybridized carbons (Fsp3) is 0.409. The Hall–Kier alpha value is -2.69. The maximum atomic E-state index is 12.5. The molecule has 0 bridgehead atoms. The van der Waals surface area contributed by atoms with E-state index in [0.717, 1.165) is 30.6 Å². The largest absolute Gasteiger partial charge is 0.497 e. The van der Waals surface area contributed by atoms with Gasteiger partial charge in [-0.2, -0.15) is 0 Å². The third-order valence-electron chi connectivity index (χ3n) is 5.23. The first-order valence-electron chi connectivity index (χ1n) is 9.43. The molecular weight excluding hydrogens is 342 g/mol. The number of rotatable bonds is 7. The van der Waals surface area contributed by atoms with Crippen LogP contribution in [0.15, 0.2) is 48.5 Å². The average molecular weight is 369 g/mol. The standard InChI is InChI=1S/C22H27NO4/c1-4-22(5-2)14-19(18-11-6-7-12-20(18)27-22)23-21(24)15-26-17-10-8-9-16(13-17)25-3/h6-13,19H,4-5,14-15H2,1-3H3,(H,23,24)/t19-/m1/s1. The molecule has 5 nitrogen and oxygen atoms in total. The number of nitrogens with one attached hydrogen (secondary N) is 1. The third-order valence-corrected chi connectivity index (χ3v) is 5.23. The van der Waals surface area contributed by atoms with Crippen LogP contribution in [0.2, 0.25) is 0 Å². The van der Waals surface area contributed by atoms with E-state index in [1.807, 2.05) is 36.4 Å². The van der Waals surface area contributed by atoms with Gasteiger partial charge in [0.2, 0.25) is 0 Å². The van der Waals surface area contributed by atoms with E-state index in [2.05, 4.69) is 19.2 Å². The van der Waals surface area contributed by atoms with Gasteiger partial charge in [0.1, 0.15) is 22.8 Å². The van der Waals surface area contributed by atoms with Crippen LogP contribution in [0.5, 0.6) is 17.2 Å². The Morgan fingerprint density at radius 3 is 2.63 bits per heavy atom. The van der Waals surface area contributed by atoms with Crippen molar-refractivity contribution in [1.29, 1.82) is 0 Å². The summed E-state index contributed by atoms with van der Waals surface area (Å²) in [6.07, 6.45) is 2.54. The minimum atomic E-state index is -0.250. The van der Waals surface area contributed by atoms with Gasteiger partial charge in [-0.1, -0.05) is 38.1 Å². The molecule has 0 saturated heterocycles. The second-order valence-electron chi connectivity index (χ2n) is 6.82. The summed E-state index contributed by atoms with van der Waals surface area (Å²) < 4.78 is 17.1. The molecule has 0 radical (unpaired) electrons. The quantitative estimate of drug-likeness (QED) is 0.792. The van der Waals surface area contributed by atoms with Crippen molar-refractivity contribution in [2.75, 3.05) is 13.7 Å². The third kappa shape index (κ3) is 4.35. The molecule has 27 heavy (non-hydrogen) atoms. The van der Waals surface area contributed by atoms with Gasteiger partial charge >= 0.3 is 0 Å². The van der Waals surface area contributed by atoms with Gasteiger partial charge in [-0.05, 0) is 31.0 Å². The lowest BCUT2D eigenvalue weighted by molar-refractivity contribution is -0.124. The fourth-order valence-electron chi connectivity index (χ4n) is 3.51. The van der Waals surface area contributed by atoms with Gasteiger partial charge in [0, 0.05) is 18.1 Å². The molecule has 0 aliphatic carbocycles. The maximum Gasteiger partial charge on any atom is 0.258 e. The SMILES string of the molecule is CCC1(CC)C[C@@H](NC(=O)COc2cccc(OC)c2)c2ccccc2O1. The average Bonchev–Trinajstić information content (AvgIpc) is 2.72. The number of carbonyl (C=O) groups excluding carboxylic acids is 1. The molecule has 144 valence electrons. The minimum absolute atomic E-state index is 0.0437. The molecule has 1 heterocycles. The molecule has 1 amide bonds. The molecule has 5 heteroatoms. The number of fused-ring (bicyclic) bond motifs is 1. The molecule has 1 N–H and O–H groups in total. The zero-order valence-corrected chi connectivity index (χ0v) is 16.2. The Morgan fingerprint density at radius 2 is 1.89 bits per heavy atom. The van der Waals surface area contributed by atoms with Crippen molar-refractivity contribution in [3.8, 4) is 17.2 Å². The molecule has 3 rings (SSSR count). The first-order valence-corrected chi connectivity index (χ1v) is 9.43. The highest BCUT2D eigenvalue weighted by Gasteiger charge is 2.38. The van der Waals surface area contributed by atoms with Crippen LogP contribution in [0.25, 0.3) is 0 Å². The number of carbonyl (C=O) groups is 1. The van der Waals surface area contributed by atoms with Crippen LogP contribution in [0.3, 0.4) is 0 Å². The van der Waals surface area contributed by atoms with Crippen LogP contribution in [0, 0.1) is 0 Å². The van der Waals surface area contributed by atoms with Crippen molar-refractivity contribution in [2.24, 2.45) is 0 Å². The second-order valence-corrected chi connectivity index (χ2v) is 6.82. The highest BCUT2D eigenvalue weighted by atomic mass is 16.5. The Labute approximate surface area is 160 Å². The summed E-state index contributed by atoms with van der Waals surface area (Å²) in [7, 11) is 1.60. The Morgan fingerprint density at radius 1 is 1.15 bits per heavy atom. The van der Waals surface area contributed by atoms with E-state index in [-0.39, 0.29) is 24.2 Å². The highest BCUT2D eigenvalue weighted by Crippen LogP contribution is 2.42. The van der Waals surface area contributed by atoms with Gasteiger partial charge < -0.3 is 19.5 Å². The smallest absolute Gasteiger partial charge is 0.258 e. The molecular formula is C22H27NO4. The van der Waals surface area contributed by atoms with E-state index in [1.165, 1.54) is 0 Å². The van der Waals surface area contributed by atoms with Crippen molar-refractivity contribution >= 4 is 5.91 Å². The number of hydrogen-bond acceptors (Lipinski definition) is 4. The summed E-state index contributed by atoms with van der Waals surface area (Å²) in [6.45, 7) is 4.21. The summed E-state index contributed by atoms with van der Waals surface area (Å²) in [5.74, 6) is 2.00. The van der Waals surface area contributed by atoms with Crippen molar-refractivity contribution in [3.63, 3.8) is 0 Å². The number of methoxy groups -OCH3 is 1. The second kappa shape index (κ2) is 8.33. The van der Waals surface area contributed by atoms with Gasteiger partial charge in [-0.25, -0.2) is 0 Å². The topological polar surface area (TPSA) is 56.8 Å². The Bertz CT molecular complexity index is 785. The lowest BCUT2D eigenvalue weighted by Gasteiger charge is -2.41. The van der Waals surface area contributed by atoms with Crippen LogP contribution < -0.4 is 19.5 Å². The first-order chi connectivity index (χ1) is 13.1. The summed E-state index contributed by atoms with van der Waals surface area (Å²) >= 11 is 0. The zero-order valence-electron chi connectivity index (χ0n) is 16.2. The Kier molecular flexibility index (Phi) is 5.89.